The predicted octanol–water partition coefficient (Wildman–Crippen LogP) is -0.747. The fourth-order valence-corrected chi connectivity index (χ4v) is 1.85. The largest absolute Gasteiger partial charge is 0.395 e. The van der Waals surface area contributed by atoms with Gasteiger partial charge >= 0.3 is 0 Å². The lowest BCUT2D eigenvalue weighted by Crippen LogP contribution is -2.29. The minimum absolute atomic E-state index is 0.150. The highest BCUT2D eigenvalue weighted by molar-refractivity contribution is 5.09. The summed E-state index contributed by atoms with van der Waals surface area (Å²) in [5, 5.41) is 20.3. The lowest BCUT2D eigenvalue weighted by Gasteiger charge is -2.13. The van der Waals surface area contributed by atoms with Crippen LogP contribution >= 0.6 is 0 Å². The number of aromatic nitrogens is 3. The van der Waals surface area contributed by atoms with Crippen LogP contribution < -0.4 is 5.32 Å². The van der Waals surface area contributed by atoms with E-state index < -0.39 is 0 Å². The second kappa shape index (κ2) is 3.43. The summed E-state index contributed by atoms with van der Waals surface area (Å²) in [4.78, 5) is 0. The van der Waals surface area contributed by atoms with Crippen LogP contribution in [0.2, 0.25) is 0 Å². The molecule has 0 aromatic carbocycles. The van der Waals surface area contributed by atoms with Crippen molar-refractivity contribution in [3.05, 3.63) is 11.9 Å². The molecule has 2 unspecified atom stereocenters. The number of nitrogens with one attached hydrogen (secondary N) is 1. The predicted molar refractivity (Wildman–Crippen MR) is 47.2 cm³/mol. The zero-order valence-electron chi connectivity index (χ0n) is 7.64. The van der Waals surface area contributed by atoms with Crippen molar-refractivity contribution in [3.8, 4) is 0 Å². The van der Waals surface area contributed by atoms with Crippen LogP contribution in [0, 0.1) is 0 Å². The van der Waals surface area contributed by atoms with Gasteiger partial charge in [0.05, 0.1) is 12.3 Å². The molecule has 0 aliphatic carbocycles. The molecule has 2 atom stereocenters. The van der Waals surface area contributed by atoms with Crippen LogP contribution in [0.15, 0.2) is 6.20 Å². The van der Waals surface area contributed by atoms with E-state index >= 15 is 0 Å². The van der Waals surface area contributed by atoms with Crippen molar-refractivity contribution in [2.24, 2.45) is 7.05 Å². The first-order valence-corrected chi connectivity index (χ1v) is 4.51. The van der Waals surface area contributed by atoms with E-state index in [1.807, 2.05) is 13.2 Å². The minimum atomic E-state index is 0.150. The molecule has 1 fully saturated rings. The molecule has 0 saturated carbocycles. The summed E-state index contributed by atoms with van der Waals surface area (Å²) in [6, 6.07) is 0.150. The van der Waals surface area contributed by atoms with Gasteiger partial charge in [-0.3, -0.25) is 4.68 Å². The number of nitrogens with zero attached hydrogens (tertiary/aromatic N) is 3. The molecule has 1 saturated heterocycles. The standard InChI is InChI=1S/C8H14N4O/c1-12-4-7(10-11-12)6-2-3-9-8(6)5-13/h4,6,8-9,13H,2-3,5H2,1H3. The zero-order chi connectivity index (χ0) is 9.26. The molecule has 1 aliphatic rings. The minimum Gasteiger partial charge on any atom is -0.395 e. The third kappa shape index (κ3) is 1.57. The van der Waals surface area contributed by atoms with Gasteiger partial charge < -0.3 is 10.4 Å². The monoisotopic (exact) mass is 182 g/mol. The number of hydrogen-bond donors (Lipinski definition) is 2. The van der Waals surface area contributed by atoms with Crippen LogP contribution in [-0.2, 0) is 7.05 Å². The Kier molecular flexibility index (Phi) is 2.28. The highest BCUT2D eigenvalue weighted by atomic mass is 16.3. The third-order valence-corrected chi connectivity index (χ3v) is 2.54. The summed E-state index contributed by atoms with van der Waals surface area (Å²) in [6.45, 7) is 1.12. The normalized spacial score (nSPS) is 28.2. The first-order chi connectivity index (χ1) is 6.31. The van der Waals surface area contributed by atoms with E-state index in [2.05, 4.69) is 15.6 Å². The Labute approximate surface area is 76.8 Å². The van der Waals surface area contributed by atoms with Gasteiger partial charge in [-0.1, -0.05) is 5.21 Å². The third-order valence-electron chi connectivity index (χ3n) is 2.54. The van der Waals surface area contributed by atoms with E-state index in [9.17, 15) is 0 Å². The van der Waals surface area contributed by atoms with Crippen LogP contribution in [-0.4, -0.2) is 39.3 Å². The number of aliphatic hydroxyl groups is 1. The molecular formula is C8H14N4O. The molecule has 2 heterocycles. The maximum absolute atomic E-state index is 9.09. The molecule has 1 aromatic heterocycles. The smallest absolute Gasteiger partial charge is 0.0874 e. The Morgan fingerprint density at radius 2 is 2.62 bits per heavy atom. The molecule has 5 nitrogen and oxygen atoms in total. The van der Waals surface area contributed by atoms with Crippen molar-refractivity contribution < 1.29 is 5.11 Å². The summed E-state index contributed by atoms with van der Waals surface area (Å²) in [5.74, 6) is 0.318. The second-order valence-corrected chi connectivity index (χ2v) is 3.46. The van der Waals surface area contributed by atoms with Crippen molar-refractivity contribution in [2.45, 2.75) is 18.4 Å². The molecule has 5 heteroatoms. The molecule has 72 valence electrons. The van der Waals surface area contributed by atoms with Gasteiger partial charge in [-0.15, -0.1) is 5.10 Å². The molecule has 0 spiro atoms. The van der Waals surface area contributed by atoms with Gasteiger partial charge in [0.25, 0.3) is 0 Å². The highest BCUT2D eigenvalue weighted by Crippen LogP contribution is 2.25. The topological polar surface area (TPSA) is 63.0 Å². The van der Waals surface area contributed by atoms with Gasteiger partial charge in [-0.25, -0.2) is 0 Å². The van der Waals surface area contributed by atoms with Crippen molar-refractivity contribution in [1.29, 1.82) is 0 Å². The second-order valence-electron chi connectivity index (χ2n) is 3.46. The van der Waals surface area contributed by atoms with Crippen molar-refractivity contribution in [2.75, 3.05) is 13.2 Å². The molecular weight excluding hydrogens is 168 g/mol. The van der Waals surface area contributed by atoms with E-state index in [1.165, 1.54) is 0 Å². The molecule has 0 bridgehead atoms. The van der Waals surface area contributed by atoms with E-state index in [4.69, 9.17) is 5.11 Å². The Morgan fingerprint density at radius 1 is 1.77 bits per heavy atom. The summed E-state index contributed by atoms with van der Waals surface area (Å²) >= 11 is 0. The SMILES string of the molecule is Cn1cc(C2CCNC2CO)nn1. The first-order valence-electron chi connectivity index (χ1n) is 4.51. The lowest BCUT2D eigenvalue weighted by atomic mass is 9.98. The average Bonchev–Trinajstić information content (AvgIpc) is 2.71. The van der Waals surface area contributed by atoms with E-state index in [-0.39, 0.29) is 12.6 Å². The summed E-state index contributed by atoms with van der Waals surface area (Å²) in [6.07, 6.45) is 2.95. The van der Waals surface area contributed by atoms with Crippen LogP contribution in [0.3, 0.4) is 0 Å². The van der Waals surface area contributed by atoms with Crippen LogP contribution in [0.5, 0.6) is 0 Å². The van der Waals surface area contributed by atoms with Gasteiger partial charge in [0.2, 0.25) is 0 Å². The molecule has 2 rings (SSSR count). The van der Waals surface area contributed by atoms with Gasteiger partial charge in [0.15, 0.2) is 0 Å². The molecule has 13 heavy (non-hydrogen) atoms. The number of hydrogen-bond acceptors (Lipinski definition) is 4. The molecule has 0 amide bonds. The van der Waals surface area contributed by atoms with Crippen molar-refractivity contribution in [3.63, 3.8) is 0 Å². The fourth-order valence-electron chi connectivity index (χ4n) is 1.85. The highest BCUT2D eigenvalue weighted by Gasteiger charge is 2.29. The molecule has 1 aliphatic heterocycles. The van der Waals surface area contributed by atoms with Gasteiger partial charge in [0.1, 0.15) is 0 Å². The van der Waals surface area contributed by atoms with Crippen molar-refractivity contribution in [1.82, 2.24) is 20.3 Å². The lowest BCUT2D eigenvalue weighted by molar-refractivity contribution is 0.244. The molecule has 2 N–H and O–H groups in total. The Morgan fingerprint density at radius 3 is 3.23 bits per heavy atom. The van der Waals surface area contributed by atoms with Crippen LogP contribution in [0.4, 0.5) is 0 Å². The fraction of sp³-hybridized carbons (Fsp3) is 0.750. The summed E-state index contributed by atoms with van der Waals surface area (Å²) in [5.41, 5.74) is 0.978. The number of aliphatic hydroxyl groups excluding tert-OH is 1. The van der Waals surface area contributed by atoms with Crippen molar-refractivity contribution >= 4 is 0 Å². The van der Waals surface area contributed by atoms with Gasteiger partial charge in [0, 0.05) is 25.2 Å². The average molecular weight is 182 g/mol. The molecule has 0 radical (unpaired) electrons. The van der Waals surface area contributed by atoms with E-state index in [0.717, 1.165) is 18.7 Å². The first kappa shape index (κ1) is 8.65. The summed E-state index contributed by atoms with van der Waals surface area (Å²) < 4.78 is 1.70. The molecule has 1 aromatic rings. The maximum atomic E-state index is 9.09. The maximum Gasteiger partial charge on any atom is 0.0874 e. The Hall–Kier alpha value is -0.940. The number of rotatable bonds is 2. The van der Waals surface area contributed by atoms with E-state index in [1.54, 1.807) is 4.68 Å². The quantitative estimate of drug-likeness (QED) is 0.632. The Balaban J connectivity index is 2.15. The van der Waals surface area contributed by atoms with Gasteiger partial charge in [-0.2, -0.15) is 0 Å². The number of aryl methyl sites for hydroxylation is 1. The summed E-state index contributed by atoms with van der Waals surface area (Å²) in [7, 11) is 1.85. The van der Waals surface area contributed by atoms with Gasteiger partial charge in [-0.05, 0) is 13.0 Å². The Bertz CT molecular complexity index is 285. The van der Waals surface area contributed by atoms with Crippen LogP contribution in [0.25, 0.3) is 0 Å². The van der Waals surface area contributed by atoms with Crippen LogP contribution in [0.1, 0.15) is 18.0 Å². The zero-order valence-corrected chi connectivity index (χ0v) is 7.64. The van der Waals surface area contributed by atoms with E-state index in [0.29, 0.717) is 5.92 Å².